The molecule has 1 aliphatic rings. The van der Waals surface area contributed by atoms with Crippen molar-refractivity contribution in [3.8, 4) is 11.5 Å². The second kappa shape index (κ2) is 6.64. The van der Waals surface area contributed by atoms with Gasteiger partial charge in [0.1, 0.15) is 11.5 Å². The number of nitrogens with one attached hydrogen (secondary N) is 1. The molecule has 0 bridgehead atoms. The standard InChI is InChI=1S/C15H23NO2/c1-3-18-15-10-14(17-2)7-6-13(15)9-12-5-4-8-16-11-12/h6-7,10,12,16H,3-5,8-9,11H2,1-2H3. The lowest BCUT2D eigenvalue weighted by atomic mass is 9.92. The van der Waals surface area contributed by atoms with Gasteiger partial charge >= 0.3 is 0 Å². The molecule has 2 rings (SSSR count). The summed E-state index contributed by atoms with van der Waals surface area (Å²) in [4.78, 5) is 0. The Hall–Kier alpha value is -1.22. The molecule has 0 spiro atoms. The molecule has 3 heteroatoms. The first kappa shape index (κ1) is 13.2. The molecule has 1 aliphatic heterocycles. The lowest BCUT2D eigenvalue weighted by molar-refractivity contribution is 0.324. The molecule has 1 heterocycles. The number of hydrogen-bond acceptors (Lipinski definition) is 3. The summed E-state index contributed by atoms with van der Waals surface area (Å²) in [7, 11) is 1.69. The Morgan fingerprint density at radius 2 is 2.28 bits per heavy atom. The molecule has 100 valence electrons. The van der Waals surface area contributed by atoms with Crippen LogP contribution in [0, 0.1) is 5.92 Å². The topological polar surface area (TPSA) is 30.5 Å². The monoisotopic (exact) mass is 249 g/mol. The minimum absolute atomic E-state index is 0.698. The van der Waals surface area contributed by atoms with Crippen molar-refractivity contribution >= 4 is 0 Å². The van der Waals surface area contributed by atoms with E-state index in [1.54, 1.807) is 7.11 Å². The fraction of sp³-hybridized carbons (Fsp3) is 0.600. The van der Waals surface area contributed by atoms with Crippen LogP contribution in [0.1, 0.15) is 25.3 Å². The van der Waals surface area contributed by atoms with E-state index in [1.807, 2.05) is 19.1 Å². The Labute approximate surface area is 109 Å². The fourth-order valence-electron chi connectivity index (χ4n) is 2.53. The maximum atomic E-state index is 5.72. The second-order valence-corrected chi connectivity index (χ2v) is 4.82. The highest BCUT2D eigenvalue weighted by Gasteiger charge is 2.16. The van der Waals surface area contributed by atoms with Crippen LogP contribution in [0.4, 0.5) is 0 Å². The van der Waals surface area contributed by atoms with E-state index >= 15 is 0 Å². The Morgan fingerprint density at radius 1 is 1.39 bits per heavy atom. The van der Waals surface area contributed by atoms with Crippen LogP contribution in [0.3, 0.4) is 0 Å². The minimum atomic E-state index is 0.698. The molecule has 0 saturated carbocycles. The first-order valence-corrected chi connectivity index (χ1v) is 6.84. The third kappa shape index (κ3) is 3.39. The van der Waals surface area contributed by atoms with Crippen LogP contribution in [0.25, 0.3) is 0 Å². The average Bonchev–Trinajstić information content (AvgIpc) is 2.42. The smallest absolute Gasteiger partial charge is 0.126 e. The summed E-state index contributed by atoms with van der Waals surface area (Å²) < 4.78 is 11.0. The Morgan fingerprint density at radius 3 is 2.94 bits per heavy atom. The van der Waals surface area contributed by atoms with Crippen LogP contribution in [0.5, 0.6) is 11.5 Å². The highest BCUT2D eigenvalue weighted by molar-refractivity contribution is 5.41. The zero-order valence-electron chi connectivity index (χ0n) is 11.4. The largest absolute Gasteiger partial charge is 0.497 e. The van der Waals surface area contributed by atoms with E-state index in [4.69, 9.17) is 9.47 Å². The summed E-state index contributed by atoms with van der Waals surface area (Å²) in [6.45, 7) is 5.00. The average molecular weight is 249 g/mol. The first-order chi connectivity index (χ1) is 8.83. The predicted octanol–water partition coefficient (Wildman–Crippen LogP) is 2.64. The van der Waals surface area contributed by atoms with Gasteiger partial charge in [0.15, 0.2) is 0 Å². The van der Waals surface area contributed by atoms with Crippen LogP contribution in [-0.4, -0.2) is 26.8 Å². The first-order valence-electron chi connectivity index (χ1n) is 6.84. The van der Waals surface area contributed by atoms with Crippen LogP contribution in [-0.2, 0) is 6.42 Å². The van der Waals surface area contributed by atoms with Crippen molar-refractivity contribution < 1.29 is 9.47 Å². The Bertz CT molecular complexity index is 373. The molecule has 0 amide bonds. The van der Waals surface area contributed by atoms with Gasteiger partial charge in [-0.1, -0.05) is 6.07 Å². The summed E-state index contributed by atoms with van der Waals surface area (Å²) >= 11 is 0. The quantitative estimate of drug-likeness (QED) is 0.870. The van der Waals surface area contributed by atoms with E-state index in [9.17, 15) is 0 Å². The maximum absolute atomic E-state index is 5.72. The van der Waals surface area contributed by atoms with Crippen molar-refractivity contribution in [3.63, 3.8) is 0 Å². The van der Waals surface area contributed by atoms with Gasteiger partial charge in [0.2, 0.25) is 0 Å². The molecule has 1 unspecified atom stereocenters. The minimum Gasteiger partial charge on any atom is -0.497 e. The molecule has 3 nitrogen and oxygen atoms in total. The lowest BCUT2D eigenvalue weighted by Gasteiger charge is -2.23. The van der Waals surface area contributed by atoms with Gasteiger partial charge in [-0.15, -0.1) is 0 Å². The number of ether oxygens (including phenoxy) is 2. The summed E-state index contributed by atoms with van der Waals surface area (Å²) in [5.74, 6) is 2.57. The van der Waals surface area contributed by atoms with Gasteiger partial charge in [0.25, 0.3) is 0 Å². The molecular weight excluding hydrogens is 226 g/mol. The van der Waals surface area contributed by atoms with Gasteiger partial charge in [-0.25, -0.2) is 0 Å². The summed E-state index contributed by atoms with van der Waals surface area (Å²) in [5.41, 5.74) is 1.30. The molecule has 0 aromatic heterocycles. The van der Waals surface area contributed by atoms with Crippen molar-refractivity contribution in [1.29, 1.82) is 0 Å². The van der Waals surface area contributed by atoms with Crippen molar-refractivity contribution in [2.75, 3.05) is 26.8 Å². The SMILES string of the molecule is CCOc1cc(OC)ccc1CC1CCCNC1. The van der Waals surface area contributed by atoms with Crippen molar-refractivity contribution in [3.05, 3.63) is 23.8 Å². The van der Waals surface area contributed by atoms with Crippen LogP contribution >= 0.6 is 0 Å². The van der Waals surface area contributed by atoms with Crippen molar-refractivity contribution in [2.24, 2.45) is 5.92 Å². The highest BCUT2D eigenvalue weighted by atomic mass is 16.5. The third-order valence-corrected chi connectivity index (χ3v) is 3.48. The van der Waals surface area contributed by atoms with E-state index in [-0.39, 0.29) is 0 Å². The number of rotatable bonds is 5. The molecule has 1 saturated heterocycles. The molecule has 1 N–H and O–H groups in total. The van der Waals surface area contributed by atoms with Gasteiger partial charge in [0.05, 0.1) is 13.7 Å². The third-order valence-electron chi connectivity index (χ3n) is 3.48. The van der Waals surface area contributed by atoms with E-state index in [2.05, 4.69) is 11.4 Å². The summed E-state index contributed by atoms with van der Waals surface area (Å²) in [6, 6.07) is 6.15. The number of benzene rings is 1. The van der Waals surface area contributed by atoms with Gasteiger partial charge < -0.3 is 14.8 Å². The highest BCUT2D eigenvalue weighted by Crippen LogP contribution is 2.28. The number of piperidine rings is 1. The van der Waals surface area contributed by atoms with E-state index in [1.165, 1.54) is 18.4 Å². The van der Waals surface area contributed by atoms with Gasteiger partial charge in [0, 0.05) is 6.07 Å². The van der Waals surface area contributed by atoms with Crippen molar-refractivity contribution in [1.82, 2.24) is 5.32 Å². The zero-order valence-corrected chi connectivity index (χ0v) is 11.4. The van der Waals surface area contributed by atoms with E-state index in [0.717, 1.165) is 36.9 Å². The van der Waals surface area contributed by atoms with Crippen molar-refractivity contribution in [2.45, 2.75) is 26.2 Å². The molecule has 1 fully saturated rings. The van der Waals surface area contributed by atoms with Gasteiger partial charge in [-0.2, -0.15) is 0 Å². The summed E-state index contributed by atoms with van der Waals surface area (Å²) in [5, 5.41) is 3.46. The number of hydrogen-bond donors (Lipinski definition) is 1. The molecule has 0 aliphatic carbocycles. The molecule has 18 heavy (non-hydrogen) atoms. The molecular formula is C15H23NO2. The molecule has 1 aromatic carbocycles. The van der Waals surface area contributed by atoms with Crippen LogP contribution in [0.15, 0.2) is 18.2 Å². The van der Waals surface area contributed by atoms with E-state index in [0.29, 0.717) is 6.61 Å². The second-order valence-electron chi connectivity index (χ2n) is 4.82. The normalized spacial score (nSPS) is 19.6. The van der Waals surface area contributed by atoms with Gasteiger partial charge in [-0.3, -0.25) is 0 Å². The zero-order chi connectivity index (χ0) is 12.8. The van der Waals surface area contributed by atoms with Crippen LogP contribution < -0.4 is 14.8 Å². The predicted molar refractivity (Wildman–Crippen MR) is 73.5 cm³/mol. The molecule has 0 radical (unpaired) electrons. The van der Waals surface area contributed by atoms with Crippen LogP contribution in [0.2, 0.25) is 0 Å². The lowest BCUT2D eigenvalue weighted by Crippen LogP contribution is -2.30. The molecule has 1 aromatic rings. The fourth-order valence-corrected chi connectivity index (χ4v) is 2.53. The van der Waals surface area contributed by atoms with Gasteiger partial charge in [-0.05, 0) is 56.8 Å². The van der Waals surface area contributed by atoms with E-state index < -0.39 is 0 Å². The molecule has 1 atom stereocenters. The number of methoxy groups -OCH3 is 1. The summed E-state index contributed by atoms with van der Waals surface area (Å²) in [6.07, 6.45) is 3.68. The Kier molecular flexibility index (Phi) is 4.88. The Balaban J connectivity index is 2.09. The maximum Gasteiger partial charge on any atom is 0.126 e.